The molecule has 2 rings (SSSR count). The number of morpholine rings is 1. The van der Waals surface area contributed by atoms with E-state index in [1.165, 1.54) is 6.92 Å². The lowest BCUT2D eigenvalue weighted by atomic mass is 9.93. The van der Waals surface area contributed by atoms with E-state index in [0.29, 0.717) is 24.6 Å². The highest BCUT2D eigenvalue weighted by Crippen LogP contribution is 2.24. The van der Waals surface area contributed by atoms with Crippen molar-refractivity contribution in [1.82, 2.24) is 10.2 Å². The van der Waals surface area contributed by atoms with Crippen LogP contribution in [0, 0.1) is 0 Å². The molecular weight excluding hydrogens is 320 g/mol. The van der Waals surface area contributed by atoms with Crippen molar-refractivity contribution in [3.05, 3.63) is 34.9 Å². The molecule has 0 unspecified atom stereocenters. The van der Waals surface area contributed by atoms with Crippen LogP contribution in [-0.4, -0.2) is 60.3 Å². The van der Waals surface area contributed by atoms with Crippen molar-refractivity contribution in [1.29, 1.82) is 0 Å². The molecule has 1 heterocycles. The average Bonchev–Trinajstić information content (AvgIpc) is 2.55. The van der Waals surface area contributed by atoms with Crippen LogP contribution in [0.15, 0.2) is 24.3 Å². The summed E-state index contributed by atoms with van der Waals surface area (Å²) < 4.78 is 5.79. The molecule has 1 aliphatic rings. The molecule has 1 aromatic carbocycles. The van der Waals surface area contributed by atoms with Gasteiger partial charge in [-0.1, -0.05) is 23.7 Å². The van der Waals surface area contributed by atoms with E-state index in [2.05, 4.69) is 5.32 Å². The van der Waals surface area contributed by atoms with E-state index >= 15 is 0 Å². The number of hydrogen-bond acceptors (Lipinski definition) is 4. The SMILES string of the molecule is CC(=O)NCC(=O)N1CCO[C@@](CO)(Cc2ccc(Cl)cc2)C1. The fourth-order valence-corrected chi connectivity index (χ4v) is 2.73. The minimum Gasteiger partial charge on any atom is -0.393 e. The van der Waals surface area contributed by atoms with Crippen molar-refractivity contribution in [2.45, 2.75) is 18.9 Å². The Morgan fingerprint density at radius 2 is 2.09 bits per heavy atom. The first-order chi connectivity index (χ1) is 10.9. The lowest BCUT2D eigenvalue weighted by molar-refractivity contribution is -0.157. The first kappa shape index (κ1) is 17.7. The van der Waals surface area contributed by atoms with Crippen molar-refractivity contribution in [3.8, 4) is 0 Å². The van der Waals surface area contributed by atoms with Gasteiger partial charge in [0, 0.05) is 24.9 Å². The minimum absolute atomic E-state index is 0.0439. The molecule has 2 N–H and O–H groups in total. The summed E-state index contributed by atoms with van der Waals surface area (Å²) in [5, 5.41) is 13.0. The van der Waals surface area contributed by atoms with Gasteiger partial charge in [-0.25, -0.2) is 0 Å². The lowest BCUT2D eigenvalue weighted by Crippen LogP contribution is -2.58. The molecule has 0 aromatic heterocycles. The van der Waals surface area contributed by atoms with Gasteiger partial charge in [0.25, 0.3) is 0 Å². The van der Waals surface area contributed by atoms with E-state index in [1.54, 1.807) is 17.0 Å². The molecule has 1 saturated heterocycles. The third-order valence-electron chi connectivity index (χ3n) is 3.82. The number of nitrogens with one attached hydrogen (secondary N) is 1. The summed E-state index contributed by atoms with van der Waals surface area (Å²) in [5.74, 6) is -0.432. The van der Waals surface area contributed by atoms with Gasteiger partial charge in [-0.2, -0.15) is 0 Å². The van der Waals surface area contributed by atoms with Crippen LogP contribution in [0.5, 0.6) is 0 Å². The topological polar surface area (TPSA) is 78.9 Å². The Morgan fingerprint density at radius 3 is 2.70 bits per heavy atom. The molecule has 0 spiro atoms. The Bertz CT molecular complexity index is 564. The third-order valence-corrected chi connectivity index (χ3v) is 4.07. The van der Waals surface area contributed by atoms with Crippen LogP contribution >= 0.6 is 11.6 Å². The van der Waals surface area contributed by atoms with Gasteiger partial charge in [-0.15, -0.1) is 0 Å². The van der Waals surface area contributed by atoms with Gasteiger partial charge in [-0.3, -0.25) is 9.59 Å². The summed E-state index contributed by atoms with van der Waals surface area (Å²) in [7, 11) is 0. The number of ether oxygens (including phenoxy) is 1. The zero-order chi connectivity index (χ0) is 16.9. The summed E-state index contributed by atoms with van der Waals surface area (Å²) >= 11 is 5.88. The summed E-state index contributed by atoms with van der Waals surface area (Å²) in [5.41, 5.74) is 0.137. The smallest absolute Gasteiger partial charge is 0.242 e. The Labute approximate surface area is 140 Å². The van der Waals surface area contributed by atoms with Crippen molar-refractivity contribution < 1.29 is 19.4 Å². The molecule has 1 aliphatic heterocycles. The highest BCUT2D eigenvalue weighted by molar-refractivity contribution is 6.30. The van der Waals surface area contributed by atoms with E-state index in [4.69, 9.17) is 16.3 Å². The number of nitrogens with zero attached hydrogens (tertiary/aromatic N) is 1. The molecule has 7 heteroatoms. The summed E-state index contributed by atoms with van der Waals surface area (Å²) in [4.78, 5) is 24.7. The molecule has 0 saturated carbocycles. The maximum atomic E-state index is 12.2. The van der Waals surface area contributed by atoms with Gasteiger partial charge in [0.1, 0.15) is 5.60 Å². The van der Waals surface area contributed by atoms with Gasteiger partial charge in [-0.05, 0) is 17.7 Å². The second-order valence-electron chi connectivity index (χ2n) is 5.72. The maximum Gasteiger partial charge on any atom is 0.242 e. The fourth-order valence-electron chi connectivity index (χ4n) is 2.60. The molecule has 1 atom stereocenters. The van der Waals surface area contributed by atoms with Crippen LogP contribution in [0.1, 0.15) is 12.5 Å². The summed E-state index contributed by atoms with van der Waals surface area (Å²) in [6, 6.07) is 7.32. The van der Waals surface area contributed by atoms with Crippen molar-refractivity contribution in [3.63, 3.8) is 0 Å². The van der Waals surface area contributed by atoms with Crippen molar-refractivity contribution in [2.24, 2.45) is 0 Å². The number of benzene rings is 1. The molecule has 1 aromatic rings. The monoisotopic (exact) mass is 340 g/mol. The third kappa shape index (κ3) is 4.92. The van der Waals surface area contributed by atoms with Gasteiger partial charge in [0.05, 0.1) is 26.3 Å². The zero-order valence-electron chi connectivity index (χ0n) is 13.0. The first-order valence-electron chi connectivity index (χ1n) is 7.46. The first-order valence-corrected chi connectivity index (χ1v) is 7.83. The number of aliphatic hydroxyl groups excluding tert-OH is 1. The van der Waals surface area contributed by atoms with Crippen LogP contribution < -0.4 is 5.32 Å². The predicted molar refractivity (Wildman–Crippen MR) is 86.2 cm³/mol. The maximum absolute atomic E-state index is 12.2. The number of halogens is 1. The summed E-state index contributed by atoms with van der Waals surface area (Å²) in [6.07, 6.45) is 0.477. The number of aliphatic hydroxyl groups is 1. The number of carbonyl (C=O) groups is 2. The molecule has 126 valence electrons. The van der Waals surface area contributed by atoms with Crippen LogP contribution in [0.3, 0.4) is 0 Å². The fraction of sp³-hybridized carbons (Fsp3) is 0.500. The second kappa shape index (κ2) is 7.77. The van der Waals surface area contributed by atoms with Crippen molar-refractivity contribution in [2.75, 3.05) is 32.8 Å². The lowest BCUT2D eigenvalue weighted by Gasteiger charge is -2.42. The normalized spacial score (nSPS) is 21.1. The molecule has 6 nitrogen and oxygen atoms in total. The van der Waals surface area contributed by atoms with E-state index in [-0.39, 0.29) is 31.5 Å². The molecule has 0 bridgehead atoms. The van der Waals surface area contributed by atoms with E-state index in [1.807, 2.05) is 12.1 Å². The Hall–Kier alpha value is -1.63. The quantitative estimate of drug-likeness (QED) is 0.823. The van der Waals surface area contributed by atoms with E-state index in [9.17, 15) is 14.7 Å². The Morgan fingerprint density at radius 1 is 1.39 bits per heavy atom. The highest BCUT2D eigenvalue weighted by atomic mass is 35.5. The van der Waals surface area contributed by atoms with Gasteiger partial charge in [0.15, 0.2) is 0 Å². The minimum atomic E-state index is -0.835. The van der Waals surface area contributed by atoms with Crippen LogP contribution in [0.4, 0.5) is 0 Å². The van der Waals surface area contributed by atoms with Gasteiger partial charge in [0.2, 0.25) is 11.8 Å². The molecule has 1 fully saturated rings. The number of hydrogen-bond donors (Lipinski definition) is 2. The van der Waals surface area contributed by atoms with E-state index in [0.717, 1.165) is 5.56 Å². The average molecular weight is 341 g/mol. The largest absolute Gasteiger partial charge is 0.393 e. The number of rotatable bonds is 5. The van der Waals surface area contributed by atoms with E-state index < -0.39 is 5.60 Å². The van der Waals surface area contributed by atoms with Crippen LogP contribution in [0.2, 0.25) is 5.02 Å². The zero-order valence-corrected chi connectivity index (χ0v) is 13.8. The van der Waals surface area contributed by atoms with Crippen molar-refractivity contribution >= 4 is 23.4 Å². The summed E-state index contributed by atoms with van der Waals surface area (Å²) in [6.45, 7) is 2.20. The predicted octanol–water partition coefficient (Wildman–Crippen LogP) is 0.609. The highest BCUT2D eigenvalue weighted by Gasteiger charge is 2.38. The standard InChI is InChI=1S/C16H21ClN2O4/c1-12(21)18-9-15(22)19-6-7-23-16(10-19,11-20)8-13-2-4-14(17)5-3-13/h2-5,20H,6-11H2,1H3,(H,18,21)/t16-/m0/s1. The number of amides is 2. The molecule has 23 heavy (non-hydrogen) atoms. The molecule has 0 aliphatic carbocycles. The van der Waals surface area contributed by atoms with Crippen LogP contribution in [0.25, 0.3) is 0 Å². The van der Waals surface area contributed by atoms with Crippen LogP contribution in [-0.2, 0) is 20.7 Å². The van der Waals surface area contributed by atoms with Gasteiger partial charge >= 0.3 is 0 Å². The molecule has 2 amide bonds. The second-order valence-corrected chi connectivity index (χ2v) is 6.15. The Balaban J connectivity index is 2.04. The molecule has 0 radical (unpaired) electrons. The Kier molecular flexibility index (Phi) is 5.98. The van der Waals surface area contributed by atoms with Gasteiger partial charge < -0.3 is 20.1 Å². The molecular formula is C16H21ClN2O4. The number of carbonyl (C=O) groups excluding carboxylic acids is 2.